The van der Waals surface area contributed by atoms with E-state index in [-0.39, 0.29) is 24.2 Å². The van der Waals surface area contributed by atoms with Crippen LogP contribution in [-0.4, -0.2) is 34.8 Å². The Labute approximate surface area is 158 Å². The summed E-state index contributed by atoms with van der Waals surface area (Å²) >= 11 is 0. The standard InChI is InChI=1S/C21H24N2O4/c1-14(2)21(27)23(3)13-15-7-9-17(10-8-15)20(26)22-18-6-4-5-16(11-18)12-19(24)25/h4-11,14H,12-13H2,1-3H3,(H,22,26)(H,24,25). The number of carboxylic acid groups (broad SMARTS) is 1. The highest BCUT2D eigenvalue weighted by atomic mass is 16.4. The Morgan fingerprint density at radius 3 is 2.30 bits per heavy atom. The zero-order valence-corrected chi connectivity index (χ0v) is 15.7. The molecule has 2 rings (SSSR count). The molecule has 0 aliphatic rings. The molecule has 6 nitrogen and oxygen atoms in total. The van der Waals surface area contributed by atoms with Crippen LogP contribution in [0.15, 0.2) is 48.5 Å². The zero-order chi connectivity index (χ0) is 20.0. The van der Waals surface area contributed by atoms with E-state index in [1.54, 1.807) is 48.3 Å². The molecular weight excluding hydrogens is 344 g/mol. The van der Waals surface area contributed by atoms with Crippen LogP contribution in [0.5, 0.6) is 0 Å². The highest BCUT2D eigenvalue weighted by molar-refractivity contribution is 6.04. The van der Waals surface area contributed by atoms with Gasteiger partial charge in [0, 0.05) is 30.8 Å². The van der Waals surface area contributed by atoms with Crippen molar-refractivity contribution < 1.29 is 19.5 Å². The number of aliphatic carboxylic acids is 1. The van der Waals surface area contributed by atoms with Gasteiger partial charge < -0.3 is 15.3 Å². The fraction of sp³-hybridized carbons (Fsp3) is 0.286. The summed E-state index contributed by atoms with van der Waals surface area (Å²) in [4.78, 5) is 36.8. The third-order valence-electron chi connectivity index (χ3n) is 4.05. The average Bonchev–Trinajstić information content (AvgIpc) is 2.61. The molecule has 2 N–H and O–H groups in total. The molecule has 2 aromatic rings. The van der Waals surface area contributed by atoms with Crippen molar-refractivity contribution in [3.05, 3.63) is 65.2 Å². The Bertz CT molecular complexity index is 828. The van der Waals surface area contributed by atoms with Gasteiger partial charge in [0.05, 0.1) is 6.42 Å². The van der Waals surface area contributed by atoms with E-state index >= 15 is 0 Å². The highest BCUT2D eigenvalue weighted by Crippen LogP contribution is 2.14. The predicted molar refractivity (Wildman–Crippen MR) is 103 cm³/mol. The smallest absolute Gasteiger partial charge is 0.307 e. The van der Waals surface area contributed by atoms with Crippen molar-refractivity contribution in [1.29, 1.82) is 0 Å². The maximum atomic E-state index is 12.4. The van der Waals surface area contributed by atoms with Crippen LogP contribution in [-0.2, 0) is 22.6 Å². The van der Waals surface area contributed by atoms with Crippen LogP contribution in [0.25, 0.3) is 0 Å². The van der Waals surface area contributed by atoms with Crippen molar-refractivity contribution >= 4 is 23.5 Å². The SMILES string of the molecule is CC(C)C(=O)N(C)Cc1ccc(C(=O)Nc2cccc(CC(=O)O)c2)cc1. The molecule has 2 amide bonds. The number of anilines is 1. The second-order valence-electron chi connectivity index (χ2n) is 6.77. The van der Waals surface area contributed by atoms with Crippen LogP contribution < -0.4 is 5.32 Å². The molecule has 0 unspecified atom stereocenters. The number of nitrogens with zero attached hydrogens (tertiary/aromatic N) is 1. The topological polar surface area (TPSA) is 86.7 Å². The van der Waals surface area contributed by atoms with Crippen molar-refractivity contribution in [1.82, 2.24) is 4.90 Å². The number of rotatable bonds is 7. The number of carboxylic acids is 1. The normalized spacial score (nSPS) is 10.5. The molecule has 6 heteroatoms. The monoisotopic (exact) mass is 368 g/mol. The Morgan fingerprint density at radius 2 is 1.70 bits per heavy atom. The lowest BCUT2D eigenvalue weighted by atomic mass is 10.1. The molecule has 27 heavy (non-hydrogen) atoms. The van der Waals surface area contributed by atoms with Gasteiger partial charge in [-0.25, -0.2) is 0 Å². The van der Waals surface area contributed by atoms with E-state index in [1.165, 1.54) is 0 Å². The number of hydrogen-bond donors (Lipinski definition) is 2. The second-order valence-corrected chi connectivity index (χ2v) is 6.77. The molecule has 0 aliphatic heterocycles. The van der Waals surface area contributed by atoms with E-state index < -0.39 is 5.97 Å². The van der Waals surface area contributed by atoms with E-state index in [1.807, 2.05) is 26.0 Å². The molecular formula is C21H24N2O4. The van der Waals surface area contributed by atoms with E-state index in [4.69, 9.17) is 5.11 Å². The minimum Gasteiger partial charge on any atom is -0.481 e. The first-order valence-electron chi connectivity index (χ1n) is 8.72. The summed E-state index contributed by atoms with van der Waals surface area (Å²) < 4.78 is 0. The van der Waals surface area contributed by atoms with Gasteiger partial charge in [0.1, 0.15) is 0 Å². The third-order valence-corrected chi connectivity index (χ3v) is 4.05. The summed E-state index contributed by atoms with van der Waals surface area (Å²) in [6.45, 7) is 4.20. The van der Waals surface area contributed by atoms with Crippen molar-refractivity contribution in [2.75, 3.05) is 12.4 Å². The molecule has 0 aliphatic carbocycles. The Balaban J connectivity index is 2.01. The number of benzene rings is 2. The van der Waals surface area contributed by atoms with Gasteiger partial charge in [-0.3, -0.25) is 14.4 Å². The van der Waals surface area contributed by atoms with Gasteiger partial charge in [-0.1, -0.05) is 38.1 Å². The van der Waals surface area contributed by atoms with Crippen LogP contribution in [0.1, 0.15) is 35.3 Å². The molecule has 0 bridgehead atoms. The fourth-order valence-electron chi connectivity index (χ4n) is 2.69. The van der Waals surface area contributed by atoms with Crippen molar-refractivity contribution in [2.45, 2.75) is 26.8 Å². The Hall–Kier alpha value is -3.15. The maximum absolute atomic E-state index is 12.4. The van der Waals surface area contributed by atoms with E-state index in [0.29, 0.717) is 23.4 Å². The molecule has 0 spiro atoms. The number of carbonyl (C=O) groups is 3. The fourth-order valence-corrected chi connectivity index (χ4v) is 2.69. The van der Waals surface area contributed by atoms with Gasteiger partial charge >= 0.3 is 5.97 Å². The first kappa shape index (κ1) is 20.2. The molecule has 0 saturated carbocycles. The van der Waals surface area contributed by atoms with Crippen LogP contribution in [0.4, 0.5) is 5.69 Å². The second kappa shape index (κ2) is 8.98. The van der Waals surface area contributed by atoms with E-state index in [9.17, 15) is 14.4 Å². The lowest BCUT2D eigenvalue weighted by molar-refractivity contribution is -0.136. The predicted octanol–water partition coefficient (Wildman–Crippen LogP) is 3.18. The molecule has 0 fully saturated rings. The third kappa shape index (κ3) is 5.95. The summed E-state index contributed by atoms with van der Waals surface area (Å²) in [5.74, 6) is -1.19. The average molecular weight is 368 g/mol. The van der Waals surface area contributed by atoms with Crippen molar-refractivity contribution in [2.24, 2.45) is 5.92 Å². The van der Waals surface area contributed by atoms with Gasteiger partial charge in [-0.15, -0.1) is 0 Å². The molecule has 142 valence electrons. The molecule has 2 aromatic carbocycles. The van der Waals surface area contributed by atoms with Crippen LogP contribution in [0.3, 0.4) is 0 Å². The molecule has 0 saturated heterocycles. The van der Waals surface area contributed by atoms with Gasteiger partial charge in [-0.2, -0.15) is 0 Å². The van der Waals surface area contributed by atoms with Gasteiger partial charge in [0.25, 0.3) is 5.91 Å². The van der Waals surface area contributed by atoms with Gasteiger partial charge in [0.2, 0.25) is 5.91 Å². The van der Waals surface area contributed by atoms with Gasteiger partial charge in [0.15, 0.2) is 0 Å². The lowest BCUT2D eigenvalue weighted by Crippen LogP contribution is -2.29. The highest BCUT2D eigenvalue weighted by Gasteiger charge is 2.13. The number of hydrogen-bond acceptors (Lipinski definition) is 3. The minimum atomic E-state index is -0.921. The number of nitrogens with one attached hydrogen (secondary N) is 1. The van der Waals surface area contributed by atoms with E-state index in [2.05, 4.69) is 5.32 Å². The summed E-state index contributed by atoms with van der Waals surface area (Å²) in [6, 6.07) is 13.8. The molecule has 0 radical (unpaired) electrons. The molecule has 0 heterocycles. The van der Waals surface area contributed by atoms with Crippen LogP contribution in [0.2, 0.25) is 0 Å². The Kier molecular flexibility index (Phi) is 6.71. The zero-order valence-electron chi connectivity index (χ0n) is 15.7. The van der Waals surface area contributed by atoms with Crippen molar-refractivity contribution in [3.63, 3.8) is 0 Å². The summed E-state index contributed by atoms with van der Waals surface area (Å²) in [7, 11) is 1.76. The molecule has 0 aromatic heterocycles. The molecule has 0 atom stereocenters. The maximum Gasteiger partial charge on any atom is 0.307 e. The van der Waals surface area contributed by atoms with Gasteiger partial charge in [-0.05, 0) is 35.4 Å². The quantitative estimate of drug-likeness (QED) is 0.786. The Morgan fingerprint density at radius 1 is 1.04 bits per heavy atom. The van der Waals surface area contributed by atoms with Crippen LogP contribution in [0, 0.1) is 5.92 Å². The first-order valence-corrected chi connectivity index (χ1v) is 8.72. The lowest BCUT2D eigenvalue weighted by Gasteiger charge is -2.19. The minimum absolute atomic E-state index is 0.0584. The largest absolute Gasteiger partial charge is 0.481 e. The number of amides is 2. The number of carbonyl (C=O) groups excluding carboxylic acids is 2. The van der Waals surface area contributed by atoms with E-state index in [0.717, 1.165) is 5.56 Å². The van der Waals surface area contributed by atoms with Crippen molar-refractivity contribution in [3.8, 4) is 0 Å². The van der Waals surface area contributed by atoms with Crippen LogP contribution >= 0.6 is 0 Å². The summed E-state index contributed by atoms with van der Waals surface area (Å²) in [6.07, 6.45) is -0.0962. The first-order chi connectivity index (χ1) is 12.8. The summed E-state index contributed by atoms with van der Waals surface area (Å²) in [5.41, 5.74) is 2.59. The summed E-state index contributed by atoms with van der Waals surface area (Å²) in [5, 5.41) is 11.6.